The summed E-state index contributed by atoms with van der Waals surface area (Å²) < 4.78 is 5.43. The quantitative estimate of drug-likeness (QED) is 0.0373. The molecule has 0 saturated heterocycles. The van der Waals surface area contributed by atoms with E-state index in [-0.39, 0.29) is 37.1 Å². The van der Waals surface area contributed by atoms with Crippen molar-refractivity contribution >= 4 is 17.5 Å². The van der Waals surface area contributed by atoms with Crippen LogP contribution in [0.25, 0.3) is 0 Å². The monoisotopic (exact) mass is 674 g/mol. The summed E-state index contributed by atoms with van der Waals surface area (Å²) in [4.78, 5) is 39.8. The smallest absolute Gasteiger partial charge is 0.320 e. The van der Waals surface area contributed by atoms with Crippen molar-refractivity contribution in [2.24, 2.45) is 5.92 Å². The Bertz CT molecular complexity index is 803. The predicted octanol–water partition coefficient (Wildman–Crippen LogP) is 12.3. The average molecular weight is 674 g/mol. The summed E-state index contributed by atoms with van der Waals surface area (Å²) in [5.41, 5.74) is 0. The van der Waals surface area contributed by atoms with E-state index in [1.54, 1.807) is 4.90 Å². The summed E-state index contributed by atoms with van der Waals surface area (Å²) in [6, 6.07) is 0. The number of allylic oxidation sites excluding steroid dienone is 4. The first-order valence-electron chi connectivity index (χ1n) is 20.5. The van der Waals surface area contributed by atoms with E-state index in [0.29, 0.717) is 12.8 Å². The van der Waals surface area contributed by atoms with Crippen molar-refractivity contribution in [3.63, 3.8) is 0 Å². The highest BCUT2D eigenvalue weighted by Gasteiger charge is 2.23. The lowest BCUT2D eigenvalue weighted by molar-refractivity contribution is -0.147. The van der Waals surface area contributed by atoms with Crippen LogP contribution < -0.4 is 0 Å². The molecular weight excluding hydrogens is 594 g/mol. The standard InChI is InChI=1S/C43H79NO4/c1-5-7-9-11-13-15-17-19-21-23-25-27-29-31-33-35-41(45)37-40(39-48-43(47)38-44(3)4)42(46)36-34-32-30-28-26-24-22-20-18-16-14-12-10-8-6-2/h19-22,40H,5-18,23-39H2,1-4H3/b21-19-,22-20-. The molecular formula is C43H79NO4. The molecule has 0 N–H and O–H groups in total. The Hall–Kier alpha value is -1.75. The number of Topliss-reactive ketones (excluding diaryl/α,β-unsaturated/α-hetero) is 2. The fourth-order valence-electron chi connectivity index (χ4n) is 6.11. The van der Waals surface area contributed by atoms with Gasteiger partial charge in [0, 0.05) is 19.3 Å². The zero-order valence-electron chi connectivity index (χ0n) is 32.4. The van der Waals surface area contributed by atoms with E-state index in [2.05, 4.69) is 38.2 Å². The number of nitrogens with zero attached hydrogens (tertiary/aromatic N) is 1. The van der Waals surface area contributed by atoms with E-state index in [9.17, 15) is 14.4 Å². The van der Waals surface area contributed by atoms with Crippen LogP contribution in [0.4, 0.5) is 0 Å². The summed E-state index contributed by atoms with van der Waals surface area (Å²) >= 11 is 0. The van der Waals surface area contributed by atoms with Gasteiger partial charge in [0.1, 0.15) is 18.2 Å². The summed E-state index contributed by atoms with van der Waals surface area (Å²) in [6.45, 7) is 4.73. The second-order valence-corrected chi connectivity index (χ2v) is 14.5. The summed E-state index contributed by atoms with van der Waals surface area (Å²) in [5.74, 6) is -0.658. The van der Waals surface area contributed by atoms with Crippen molar-refractivity contribution in [1.82, 2.24) is 4.90 Å². The first-order chi connectivity index (χ1) is 23.4. The molecule has 0 aromatic rings. The van der Waals surface area contributed by atoms with Crippen LogP contribution >= 0.6 is 0 Å². The van der Waals surface area contributed by atoms with E-state index in [0.717, 1.165) is 51.4 Å². The molecule has 0 aliphatic carbocycles. The predicted molar refractivity (Wildman–Crippen MR) is 207 cm³/mol. The van der Waals surface area contributed by atoms with E-state index >= 15 is 0 Å². The van der Waals surface area contributed by atoms with Gasteiger partial charge in [-0.1, -0.05) is 141 Å². The maximum absolute atomic E-state index is 13.1. The van der Waals surface area contributed by atoms with Crippen molar-refractivity contribution in [3.8, 4) is 0 Å². The Balaban J connectivity index is 4.16. The van der Waals surface area contributed by atoms with Gasteiger partial charge < -0.3 is 4.74 Å². The van der Waals surface area contributed by atoms with Gasteiger partial charge in [-0.2, -0.15) is 0 Å². The van der Waals surface area contributed by atoms with Crippen molar-refractivity contribution in [2.45, 2.75) is 200 Å². The summed E-state index contributed by atoms with van der Waals surface area (Å²) in [6.07, 6.45) is 42.4. The van der Waals surface area contributed by atoms with Crippen molar-refractivity contribution < 1.29 is 19.1 Å². The van der Waals surface area contributed by atoms with Gasteiger partial charge in [-0.25, -0.2) is 0 Å². The maximum Gasteiger partial charge on any atom is 0.320 e. The lowest BCUT2D eigenvalue weighted by atomic mass is 9.92. The Kier molecular flexibility index (Phi) is 35.2. The van der Waals surface area contributed by atoms with Gasteiger partial charge in [0.2, 0.25) is 0 Å². The zero-order valence-corrected chi connectivity index (χ0v) is 32.4. The molecule has 0 heterocycles. The van der Waals surface area contributed by atoms with Gasteiger partial charge >= 0.3 is 5.97 Å². The molecule has 0 bridgehead atoms. The number of carbonyl (C=O) groups is 3. The third-order valence-corrected chi connectivity index (χ3v) is 9.22. The SMILES string of the molecule is CCCCCCCC/C=C\CCCCCCCC(=O)CC(COC(=O)CN(C)C)C(=O)CCCCCCC/C=C\CCCCCCCC. The van der Waals surface area contributed by atoms with Crippen molar-refractivity contribution in [3.05, 3.63) is 24.3 Å². The third-order valence-electron chi connectivity index (χ3n) is 9.22. The molecule has 0 radical (unpaired) electrons. The first-order valence-corrected chi connectivity index (χ1v) is 20.5. The van der Waals surface area contributed by atoms with Crippen LogP contribution in [0.1, 0.15) is 200 Å². The highest BCUT2D eigenvalue weighted by molar-refractivity contribution is 5.88. The highest BCUT2D eigenvalue weighted by Crippen LogP contribution is 2.17. The minimum absolute atomic E-state index is 0.0225. The molecule has 0 spiro atoms. The van der Waals surface area contributed by atoms with E-state index in [1.165, 1.54) is 116 Å². The van der Waals surface area contributed by atoms with Gasteiger partial charge in [-0.05, 0) is 78.3 Å². The van der Waals surface area contributed by atoms with Crippen LogP contribution in [-0.4, -0.2) is 49.7 Å². The zero-order chi connectivity index (χ0) is 35.3. The van der Waals surface area contributed by atoms with Crippen LogP contribution in [-0.2, 0) is 19.1 Å². The molecule has 0 fully saturated rings. The minimum atomic E-state index is -0.511. The molecule has 48 heavy (non-hydrogen) atoms. The number of rotatable bonds is 37. The van der Waals surface area contributed by atoms with Crippen LogP contribution in [0.3, 0.4) is 0 Å². The summed E-state index contributed by atoms with van der Waals surface area (Å²) in [5, 5.41) is 0. The maximum atomic E-state index is 13.1. The molecule has 0 amide bonds. The first kappa shape index (κ1) is 46.2. The summed E-state index contributed by atoms with van der Waals surface area (Å²) in [7, 11) is 3.63. The molecule has 0 aromatic heterocycles. The second kappa shape index (κ2) is 36.5. The largest absolute Gasteiger partial charge is 0.464 e. The molecule has 0 aromatic carbocycles. The Morgan fingerprint density at radius 2 is 0.896 bits per heavy atom. The van der Waals surface area contributed by atoms with Crippen LogP contribution in [0.15, 0.2) is 24.3 Å². The molecule has 5 nitrogen and oxygen atoms in total. The number of carbonyl (C=O) groups excluding carboxylic acids is 3. The van der Waals surface area contributed by atoms with Gasteiger partial charge in [0.15, 0.2) is 0 Å². The van der Waals surface area contributed by atoms with E-state index in [1.807, 2.05) is 14.1 Å². The molecule has 0 rings (SSSR count). The lowest BCUT2D eigenvalue weighted by Gasteiger charge is -2.17. The van der Waals surface area contributed by atoms with Crippen LogP contribution in [0.2, 0.25) is 0 Å². The molecule has 1 atom stereocenters. The van der Waals surface area contributed by atoms with Gasteiger partial charge in [0.05, 0.1) is 12.5 Å². The minimum Gasteiger partial charge on any atom is -0.464 e. The van der Waals surface area contributed by atoms with Gasteiger partial charge in [0.25, 0.3) is 0 Å². The average Bonchev–Trinajstić information content (AvgIpc) is 3.06. The third kappa shape index (κ3) is 34.1. The number of esters is 1. The Labute approximate surface area is 298 Å². The molecule has 5 heteroatoms. The number of hydrogen-bond acceptors (Lipinski definition) is 5. The molecule has 0 aliphatic heterocycles. The number of ketones is 2. The highest BCUT2D eigenvalue weighted by atomic mass is 16.5. The number of hydrogen-bond donors (Lipinski definition) is 0. The topological polar surface area (TPSA) is 63.7 Å². The van der Waals surface area contributed by atoms with Gasteiger partial charge in [-0.3, -0.25) is 19.3 Å². The van der Waals surface area contributed by atoms with Crippen molar-refractivity contribution in [1.29, 1.82) is 0 Å². The lowest BCUT2D eigenvalue weighted by Crippen LogP contribution is -2.29. The molecule has 0 saturated carbocycles. The van der Waals surface area contributed by atoms with Crippen molar-refractivity contribution in [2.75, 3.05) is 27.2 Å². The Morgan fingerprint density at radius 1 is 0.521 bits per heavy atom. The molecule has 280 valence electrons. The Morgan fingerprint density at radius 3 is 1.31 bits per heavy atom. The number of unbranched alkanes of at least 4 members (excludes halogenated alkanes) is 22. The van der Waals surface area contributed by atoms with E-state index < -0.39 is 5.92 Å². The molecule has 1 unspecified atom stereocenters. The van der Waals surface area contributed by atoms with Gasteiger partial charge in [-0.15, -0.1) is 0 Å². The number of likely N-dealkylation sites (N-methyl/N-ethyl adjacent to an activating group) is 1. The fourth-order valence-corrected chi connectivity index (χ4v) is 6.11. The fraction of sp³-hybridized carbons (Fsp3) is 0.837. The normalized spacial score (nSPS) is 12.4. The molecule has 0 aliphatic rings. The van der Waals surface area contributed by atoms with Crippen LogP contribution in [0.5, 0.6) is 0 Å². The second-order valence-electron chi connectivity index (χ2n) is 14.5. The van der Waals surface area contributed by atoms with Crippen LogP contribution in [0, 0.1) is 5.92 Å². The van der Waals surface area contributed by atoms with E-state index in [4.69, 9.17) is 4.74 Å². The number of ether oxygens (including phenoxy) is 1.